The third-order valence-corrected chi connectivity index (χ3v) is 3.38. The van der Waals surface area contributed by atoms with E-state index in [1.165, 1.54) is 7.05 Å². The van der Waals surface area contributed by atoms with Crippen LogP contribution in [0.5, 0.6) is 0 Å². The van der Waals surface area contributed by atoms with E-state index < -0.39 is 15.8 Å². The number of benzene rings is 1. The van der Waals surface area contributed by atoms with Crippen LogP contribution >= 0.6 is 0 Å². The fourth-order valence-electron chi connectivity index (χ4n) is 0.974. The predicted molar refractivity (Wildman–Crippen MR) is 53.3 cm³/mol. The Balaban J connectivity index is 3.16. The van der Waals surface area contributed by atoms with Gasteiger partial charge in [-0.3, -0.25) is 5.41 Å². The number of halogens is 1. The van der Waals surface area contributed by atoms with Crippen LogP contribution in [0.1, 0.15) is 0 Å². The highest BCUT2D eigenvalue weighted by molar-refractivity contribution is 7.89. The van der Waals surface area contributed by atoms with Gasteiger partial charge in [-0.15, -0.1) is 0 Å². The van der Waals surface area contributed by atoms with Gasteiger partial charge in [0.05, 0.1) is 4.90 Å². The Morgan fingerprint density at radius 2 is 1.93 bits per heavy atom. The molecule has 7 heteroatoms. The molecule has 0 heterocycles. The maximum atomic E-state index is 12.6. The summed E-state index contributed by atoms with van der Waals surface area (Å²) >= 11 is 0. The Morgan fingerprint density at radius 3 is 2.33 bits per heavy atom. The Kier molecular flexibility index (Phi) is 3.38. The molecule has 0 aliphatic carbocycles. The Morgan fingerprint density at radius 1 is 1.40 bits per heavy atom. The molecule has 0 saturated heterocycles. The topological polar surface area (TPSA) is 73.3 Å². The second-order valence-electron chi connectivity index (χ2n) is 2.61. The second-order valence-corrected chi connectivity index (χ2v) is 4.42. The Labute approximate surface area is 87.1 Å². The van der Waals surface area contributed by atoms with E-state index in [2.05, 4.69) is 5.43 Å². The second kappa shape index (κ2) is 4.37. The van der Waals surface area contributed by atoms with Crippen molar-refractivity contribution >= 4 is 16.4 Å². The van der Waals surface area contributed by atoms with Gasteiger partial charge in [0, 0.05) is 7.05 Å². The van der Waals surface area contributed by atoms with Gasteiger partial charge >= 0.3 is 0 Å². The molecule has 0 aromatic heterocycles. The SMILES string of the molecule is CNN(C=N)S(=O)(=O)c1ccc(F)cc1. The first-order valence-electron chi connectivity index (χ1n) is 4.00. The van der Waals surface area contributed by atoms with Gasteiger partial charge in [-0.05, 0) is 24.3 Å². The van der Waals surface area contributed by atoms with Crippen LogP contribution in [0, 0.1) is 11.2 Å². The Hall–Kier alpha value is -1.47. The van der Waals surface area contributed by atoms with Crippen molar-refractivity contribution in [2.24, 2.45) is 0 Å². The summed E-state index contributed by atoms with van der Waals surface area (Å²) in [5.74, 6) is -0.514. The Bertz CT molecular complexity index is 443. The van der Waals surface area contributed by atoms with Crippen molar-refractivity contribution in [1.82, 2.24) is 9.84 Å². The van der Waals surface area contributed by atoms with Gasteiger partial charge in [-0.1, -0.05) is 0 Å². The van der Waals surface area contributed by atoms with Crippen LogP contribution in [-0.2, 0) is 10.0 Å². The number of rotatable bonds is 4. The molecule has 5 nitrogen and oxygen atoms in total. The zero-order chi connectivity index (χ0) is 11.5. The minimum absolute atomic E-state index is 0.0817. The number of nitrogens with one attached hydrogen (secondary N) is 2. The number of hydrazine groups is 1. The molecule has 0 radical (unpaired) electrons. The van der Waals surface area contributed by atoms with Crippen LogP contribution in [0.25, 0.3) is 0 Å². The van der Waals surface area contributed by atoms with Crippen molar-refractivity contribution < 1.29 is 12.8 Å². The molecule has 1 aromatic carbocycles. The minimum atomic E-state index is -3.81. The number of hydrogen-bond acceptors (Lipinski definition) is 4. The zero-order valence-corrected chi connectivity index (χ0v) is 8.75. The molecule has 0 unspecified atom stereocenters. The van der Waals surface area contributed by atoms with E-state index in [9.17, 15) is 12.8 Å². The van der Waals surface area contributed by atoms with E-state index in [-0.39, 0.29) is 4.90 Å². The quantitative estimate of drug-likeness (QED) is 0.451. The summed E-state index contributed by atoms with van der Waals surface area (Å²) in [6.07, 6.45) is 0.624. The molecule has 15 heavy (non-hydrogen) atoms. The summed E-state index contributed by atoms with van der Waals surface area (Å²) in [5, 5.41) is 6.89. The van der Waals surface area contributed by atoms with E-state index in [1.807, 2.05) is 0 Å². The molecule has 0 saturated carbocycles. The maximum absolute atomic E-state index is 12.6. The fourth-order valence-corrected chi connectivity index (χ4v) is 2.06. The van der Waals surface area contributed by atoms with Gasteiger partial charge in [0.15, 0.2) is 0 Å². The molecule has 82 valence electrons. The molecule has 0 spiro atoms. The van der Waals surface area contributed by atoms with Gasteiger partial charge in [0.2, 0.25) is 0 Å². The van der Waals surface area contributed by atoms with Crippen molar-refractivity contribution in [2.45, 2.75) is 4.90 Å². The van der Waals surface area contributed by atoms with Crippen LogP contribution in [0.15, 0.2) is 29.2 Å². The van der Waals surface area contributed by atoms with Crippen LogP contribution in [0.2, 0.25) is 0 Å². The van der Waals surface area contributed by atoms with Gasteiger partial charge in [-0.25, -0.2) is 9.82 Å². The molecular weight excluding hydrogens is 221 g/mol. The van der Waals surface area contributed by atoms with Gasteiger partial charge < -0.3 is 0 Å². The monoisotopic (exact) mass is 231 g/mol. The number of hydrogen-bond donors (Lipinski definition) is 2. The van der Waals surface area contributed by atoms with E-state index in [1.54, 1.807) is 0 Å². The predicted octanol–water partition coefficient (Wildman–Crippen LogP) is 0.558. The van der Waals surface area contributed by atoms with Crippen LogP contribution < -0.4 is 5.43 Å². The summed E-state index contributed by atoms with van der Waals surface area (Å²) in [4.78, 5) is -0.0817. The van der Waals surface area contributed by atoms with Crippen molar-refractivity contribution in [3.05, 3.63) is 30.1 Å². The zero-order valence-electron chi connectivity index (χ0n) is 7.94. The van der Waals surface area contributed by atoms with Gasteiger partial charge in [0.1, 0.15) is 12.2 Å². The maximum Gasteiger partial charge on any atom is 0.278 e. The third kappa shape index (κ3) is 2.31. The summed E-state index contributed by atoms with van der Waals surface area (Å²) in [6.45, 7) is 0. The van der Waals surface area contributed by atoms with Crippen molar-refractivity contribution in [3.63, 3.8) is 0 Å². The lowest BCUT2D eigenvalue weighted by Gasteiger charge is -2.16. The lowest BCUT2D eigenvalue weighted by Crippen LogP contribution is -2.38. The average molecular weight is 231 g/mol. The highest BCUT2D eigenvalue weighted by Crippen LogP contribution is 2.12. The number of nitrogens with zero attached hydrogens (tertiary/aromatic N) is 1. The lowest BCUT2D eigenvalue weighted by atomic mass is 10.4. The molecular formula is C8H10FN3O2S. The van der Waals surface area contributed by atoms with Crippen LogP contribution in [-0.4, -0.2) is 26.2 Å². The first-order valence-corrected chi connectivity index (χ1v) is 5.44. The normalized spacial score (nSPS) is 11.1. The smallest absolute Gasteiger partial charge is 0.278 e. The molecule has 0 bridgehead atoms. The van der Waals surface area contributed by atoms with E-state index in [0.717, 1.165) is 24.3 Å². The average Bonchev–Trinajstić information content (AvgIpc) is 2.19. The fraction of sp³-hybridized carbons (Fsp3) is 0.125. The van der Waals surface area contributed by atoms with Crippen molar-refractivity contribution in [2.75, 3.05) is 7.05 Å². The summed E-state index contributed by atoms with van der Waals surface area (Å²) in [5.41, 5.74) is 2.31. The first kappa shape index (κ1) is 11.6. The summed E-state index contributed by atoms with van der Waals surface area (Å²) in [7, 11) is -2.44. The highest BCUT2D eigenvalue weighted by atomic mass is 32.2. The lowest BCUT2D eigenvalue weighted by molar-refractivity contribution is 0.474. The van der Waals surface area contributed by atoms with Gasteiger partial charge in [0.25, 0.3) is 10.0 Å². The summed E-state index contributed by atoms with van der Waals surface area (Å²) < 4.78 is 36.6. The van der Waals surface area contributed by atoms with Crippen LogP contribution in [0.4, 0.5) is 4.39 Å². The van der Waals surface area contributed by atoms with Crippen molar-refractivity contribution in [1.29, 1.82) is 5.41 Å². The van der Waals surface area contributed by atoms with E-state index in [4.69, 9.17) is 5.41 Å². The molecule has 0 atom stereocenters. The van der Waals surface area contributed by atoms with E-state index >= 15 is 0 Å². The molecule has 0 aliphatic rings. The van der Waals surface area contributed by atoms with Crippen LogP contribution in [0.3, 0.4) is 0 Å². The third-order valence-electron chi connectivity index (χ3n) is 1.71. The van der Waals surface area contributed by atoms with Gasteiger partial charge in [-0.2, -0.15) is 12.8 Å². The minimum Gasteiger partial charge on any atom is -0.289 e. The van der Waals surface area contributed by atoms with Crippen molar-refractivity contribution in [3.8, 4) is 0 Å². The molecule has 0 amide bonds. The highest BCUT2D eigenvalue weighted by Gasteiger charge is 2.20. The largest absolute Gasteiger partial charge is 0.289 e. The molecule has 1 aromatic rings. The van der Waals surface area contributed by atoms with E-state index in [0.29, 0.717) is 10.8 Å². The summed E-state index contributed by atoms with van der Waals surface area (Å²) in [6, 6.07) is 4.37. The first-order chi connectivity index (χ1) is 7.02. The molecule has 2 N–H and O–H groups in total. The molecule has 1 rings (SSSR count). The molecule has 0 fully saturated rings. The molecule has 0 aliphatic heterocycles. The number of sulfonamides is 1. The standard InChI is InChI=1S/C8H10FN3O2S/c1-11-12(6-10)15(13,14)8-4-2-7(9)3-5-8/h2-6,10-11H,1H3.